The summed E-state index contributed by atoms with van der Waals surface area (Å²) in [4.78, 5) is 11.7. The van der Waals surface area contributed by atoms with Gasteiger partial charge < -0.3 is 4.52 Å². The number of nitrogens with zero attached hydrogens (tertiary/aromatic N) is 2. The molecule has 0 aliphatic carbocycles. The fourth-order valence-corrected chi connectivity index (χ4v) is 3.56. The maximum Gasteiger partial charge on any atom is 0.265 e. The molecule has 1 heterocycles. The van der Waals surface area contributed by atoms with Crippen molar-refractivity contribution in [2.45, 2.75) is 32.1 Å². The van der Waals surface area contributed by atoms with Crippen LogP contribution in [0, 0.1) is 36.9 Å². The number of hydrogen-bond donors (Lipinski definition) is 1. The number of nitrogens with one attached hydrogen (secondary N) is 1. The highest BCUT2D eigenvalue weighted by atomic mass is 32.2. The zero-order chi connectivity index (χ0) is 18.8. The molecular formula is C16H16FN3O4S. The highest BCUT2D eigenvalue weighted by Gasteiger charge is 2.26. The number of nitriles is 1. The molecule has 9 heteroatoms. The van der Waals surface area contributed by atoms with E-state index in [0.29, 0.717) is 11.5 Å². The second-order valence-corrected chi connectivity index (χ2v) is 7.25. The third-order valence-electron chi connectivity index (χ3n) is 3.75. The molecule has 0 saturated carbocycles. The van der Waals surface area contributed by atoms with Crippen molar-refractivity contribution in [2.75, 3.05) is 0 Å². The summed E-state index contributed by atoms with van der Waals surface area (Å²) in [5.74, 6) is -1.89. The molecule has 1 aromatic heterocycles. The van der Waals surface area contributed by atoms with E-state index in [4.69, 9.17) is 9.78 Å². The van der Waals surface area contributed by atoms with E-state index in [-0.39, 0.29) is 6.42 Å². The number of carbonyl (C=O) groups is 1. The maximum atomic E-state index is 13.6. The molecular weight excluding hydrogens is 349 g/mol. The first kappa shape index (κ1) is 18.6. The number of sulfonamides is 1. The first-order valence-corrected chi connectivity index (χ1v) is 8.82. The van der Waals surface area contributed by atoms with Crippen LogP contribution in [-0.2, 0) is 21.2 Å². The molecule has 0 fully saturated rings. The summed E-state index contributed by atoms with van der Waals surface area (Å²) in [5.41, 5.74) is 0.710. The molecule has 1 N–H and O–H groups in total. The molecule has 2 rings (SSSR count). The van der Waals surface area contributed by atoms with Gasteiger partial charge in [0.2, 0.25) is 5.91 Å². The number of hydrogen-bond acceptors (Lipinski definition) is 6. The summed E-state index contributed by atoms with van der Waals surface area (Å²) < 4.78 is 45.2. The summed E-state index contributed by atoms with van der Waals surface area (Å²) in [6.07, 6.45) is 0.233. The summed E-state index contributed by atoms with van der Waals surface area (Å²) in [7, 11) is -4.37. The number of halogens is 1. The van der Waals surface area contributed by atoms with Crippen molar-refractivity contribution in [1.82, 2.24) is 9.88 Å². The van der Waals surface area contributed by atoms with E-state index in [1.54, 1.807) is 20.8 Å². The Morgan fingerprint density at radius 2 is 2.12 bits per heavy atom. The Labute approximate surface area is 144 Å². The van der Waals surface area contributed by atoms with Crippen LogP contribution in [0.15, 0.2) is 27.6 Å². The van der Waals surface area contributed by atoms with E-state index >= 15 is 0 Å². The monoisotopic (exact) mass is 365 g/mol. The maximum absolute atomic E-state index is 13.6. The lowest BCUT2D eigenvalue weighted by atomic mass is 9.99. The Hall–Kier alpha value is -2.73. The van der Waals surface area contributed by atoms with Crippen molar-refractivity contribution in [1.29, 1.82) is 5.26 Å². The molecule has 0 unspecified atom stereocenters. The minimum atomic E-state index is -4.37. The second-order valence-electron chi connectivity index (χ2n) is 5.60. The summed E-state index contributed by atoms with van der Waals surface area (Å²) >= 11 is 0. The molecule has 7 nitrogen and oxygen atoms in total. The normalized spacial score (nSPS) is 12.4. The highest BCUT2D eigenvalue weighted by Crippen LogP contribution is 2.20. The van der Waals surface area contributed by atoms with Gasteiger partial charge >= 0.3 is 0 Å². The number of amides is 1. The summed E-state index contributed by atoms with van der Waals surface area (Å²) in [5, 5.41) is 12.7. The number of aromatic nitrogens is 1. The topological polar surface area (TPSA) is 113 Å². The van der Waals surface area contributed by atoms with E-state index in [2.05, 4.69) is 5.16 Å². The zero-order valence-corrected chi connectivity index (χ0v) is 14.6. The zero-order valence-electron chi connectivity index (χ0n) is 13.8. The van der Waals surface area contributed by atoms with Crippen molar-refractivity contribution < 1.29 is 22.1 Å². The Morgan fingerprint density at radius 3 is 2.68 bits per heavy atom. The van der Waals surface area contributed by atoms with Crippen LogP contribution in [0.4, 0.5) is 4.39 Å². The van der Waals surface area contributed by atoms with Crippen LogP contribution in [0.3, 0.4) is 0 Å². The predicted molar refractivity (Wildman–Crippen MR) is 85.3 cm³/mol. The number of aryl methyl sites for hydroxylation is 2. The summed E-state index contributed by atoms with van der Waals surface area (Å²) in [6, 6.07) is 4.69. The van der Waals surface area contributed by atoms with Gasteiger partial charge in [0.25, 0.3) is 10.0 Å². The van der Waals surface area contributed by atoms with E-state index in [9.17, 15) is 17.6 Å². The van der Waals surface area contributed by atoms with Crippen LogP contribution in [0.5, 0.6) is 0 Å². The van der Waals surface area contributed by atoms with Crippen LogP contribution in [-0.4, -0.2) is 19.5 Å². The molecule has 1 amide bonds. The van der Waals surface area contributed by atoms with Crippen molar-refractivity contribution in [3.8, 4) is 6.07 Å². The van der Waals surface area contributed by atoms with Crippen LogP contribution in [0.25, 0.3) is 0 Å². The molecule has 0 spiro atoms. The van der Waals surface area contributed by atoms with E-state index in [0.717, 1.165) is 23.8 Å². The van der Waals surface area contributed by atoms with Gasteiger partial charge in [0.05, 0.1) is 5.69 Å². The van der Waals surface area contributed by atoms with Crippen LogP contribution in [0.2, 0.25) is 0 Å². The third kappa shape index (κ3) is 3.85. The van der Waals surface area contributed by atoms with Crippen LogP contribution in [0.1, 0.15) is 29.5 Å². The highest BCUT2D eigenvalue weighted by molar-refractivity contribution is 7.90. The van der Waals surface area contributed by atoms with Crippen molar-refractivity contribution in [3.05, 3.63) is 46.6 Å². The third-order valence-corrected chi connectivity index (χ3v) is 5.14. The molecule has 2 aromatic rings. The van der Waals surface area contributed by atoms with E-state index in [1.165, 1.54) is 6.07 Å². The minimum Gasteiger partial charge on any atom is -0.361 e. The number of carbonyl (C=O) groups excluding carboxylic acids is 1. The first-order valence-electron chi connectivity index (χ1n) is 7.34. The molecule has 0 radical (unpaired) electrons. The fraction of sp³-hybridized carbons (Fsp3) is 0.312. The Morgan fingerprint density at radius 1 is 1.44 bits per heavy atom. The SMILES string of the molecule is Cc1noc(C)c1C[C@@H](C)C(=O)NS(=O)(=O)c1cccc(F)c1C#N. The average molecular weight is 365 g/mol. The largest absolute Gasteiger partial charge is 0.361 e. The van der Waals surface area contributed by atoms with Crippen molar-refractivity contribution in [2.24, 2.45) is 5.92 Å². The van der Waals surface area contributed by atoms with Gasteiger partial charge in [-0.15, -0.1) is 0 Å². The van der Waals surface area contributed by atoms with Gasteiger partial charge in [-0.3, -0.25) is 4.79 Å². The summed E-state index contributed by atoms with van der Waals surface area (Å²) in [6.45, 7) is 4.97. The van der Waals surface area contributed by atoms with Gasteiger partial charge in [0, 0.05) is 11.5 Å². The lowest BCUT2D eigenvalue weighted by molar-refractivity contribution is -0.122. The Kier molecular flexibility index (Phi) is 5.23. The Balaban J connectivity index is 2.22. The smallest absolute Gasteiger partial charge is 0.265 e. The van der Waals surface area contributed by atoms with Gasteiger partial charge in [0.1, 0.15) is 28.1 Å². The molecule has 0 aliphatic heterocycles. The molecule has 132 valence electrons. The van der Waals surface area contributed by atoms with E-state index < -0.39 is 38.1 Å². The van der Waals surface area contributed by atoms with Gasteiger partial charge in [-0.25, -0.2) is 17.5 Å². The number of rotatable bonds is 5. The van der Waals surface area contributed by atoms with E-state index in [1.807, 2.05) is 4.72 Å². The van der Waals surface area contributed by atoms with Gasteiger partial charge in [-0.05, 0) is 32.4 Å². The van der Waals surface area contributed by atoms with Gasteiger partial charge in [-0.2, -0.15) is 5.26 Å². The molecule has 25 heavy (non-hydrogen) atoms. The fourth-order valence-electron chi connectivity index (χ4n) is 2.32. The van der Waals surface area contributed by atoms with Crippen molar-refractivity contribution >= 4 is 15.9 Å². The lowest BCUT2D eigenvalue weighted by Gasteiger charge is -2.13. The minimum absolute atomic E-state index is 0.233. The molecule has 0 bridgehead atoms. The second kappa shape index (κ2) is 7.03. The predicted octanol–water partition coefficient (Wildman–Crippen LogP) is 1.99. The molecule has 1 atom stereocenters. The average Bonchev–Trinajstić information content (AvgIpc) is 2.86. The standard InChI is InChI=1S/C16H16FN3O4S/c1-9(7-12-10(2)19-24-11(12)3)16(21)20-25(22,23)15-6-4-5-14(17)13(15)8-18/h4-6,9H,7H2,1-3H3,(H,20,21)/t9-/m1/s1. The van der Waals surface area contributed by atoms with Crippen LogP contribution >= 0.6 is 0 Å². The molecule has 0 aliphatic rings. The Bertz CT molecular complexity index is 941. The van der Waals surface area contributed by atoms with Crippen LogP contribution < -0.4 is 4.72 Å². The van der Waals surface area contributed by atoms with Gasteiger partial charge in [0.15, 0.2) is 0 Å². The first-order chi connectivity index (χ1) is 11.7. The quantitative estimate of drug-likeness (QED) is 0.867. The van der Waals surface area contributed by atoms with Gasteiger partial charge in [-0.1, -0.05) is 18.1 Å². The van der Waals surface area contributed by atoms with Crippen molar-refractivity contribution in [3.63, 3.8) is 0 Å². The lowest BCUT2D eigenvalue weighted by Crippen LogP contribution is -2.36. The molecule has 0 saturated heterocycles. The number of benzene rings is 1. The molecule has 1 aromatic carbocycles.